The average molecular weight is 318 g/mol. The Morgan fingerprint density at radius 3 is 2.91 bits per heavy atom. The zero-order valence-corrected chi connectivity index (χ0v) is 13.2. The third-order valence-corrected chi connectivity index (χ3v) is 5.45. The summed E-state index contributed by atoms with van der Waals surface area (Å²) >= 11 is 0. The molecule has 3 aliphatic rings. The maximum atomic E-state index is 12.4. The van der Waals surface area contributed by atoms with Gasteiger partial charge in [0.25, 0.3) is 5.91 Å². The molecule has 2 aliphatic heterocycles. The summed E-state index contributed by atoms with van der Waals surface area (Å²) in [5, 5.41) is 2.91. The number of rotatable bonds is 4. The zero-order valence-electron chi connectivity index (χ0n) is 13.2. The van der Waals surface area contributed by atoms with Crippen molar-refractivity contribution in [1.82, 2.24) is 10.2 Å². The van der Waals surface area contributed by atoms with Crippen molar-refractivity contribution in [2.45, 2.75) is 19.4 Å². The Labute approximate surface area is 135 Å². The number of fused-ring (bicyclic) bond motifs is 1. The second-order valence-electron chi connectivity index (χ2n) is 7.05. The largest absolute Gasteiger partial charge is 0.459 e. The molecule has 0 radical (unpaired) electrons. The Morgan fingerprint density at radius 2 is 2.22 bits per heavy atom. The highest BCUT2D eigenvalue weighted by Gasteiger charge is 2.49. The number of nitrogens with zero attached hydrogens (tertiary/aromatic N) is 1. The van der Waals surface area contributed by atoms with Crippen LogP contribution in [0.2, 0.25) is 0 Å². The van der Waals surface area contributed by atoms with E-state index < -0.39 is 0 Å². The molecule has 6 nitrogen and oxygen atoms in total. The number of hydrogen-bond acceptors (Lipinski definition) is 4. The van der Waals surface area contributed by atoms with Crippen molar-refractivity contribution in [3.8, 4) is 0 Å². The molecule has 3 fully saturated rings. The second-order valence-corrected chi connectivity index (χ2v) is 7.05. The smallest absolute Gasteiger partial charge is 0.286 e. The number of hydrogen-bond donors (Lipinski definition) is 1. The second kappa shape index (κ2) is 5.67. The maximum Gasteiger partial charge on any atom is 0.286 e. The molecule has 1 saturated carbocycles. The number of amides is 2. The number of likely N-dealkylation sites (tertiary alicyclic amines) is 1. The number of ether oxygens (including phenoxy) is 1. The lowest BCUT2D eigenvalue weighted by atomic mass is 9.93. The molecule has 1 aliphatic carbocycles. The molecule has 1 aromatic rings. The first-order valence-electron chi connectivity index (χ1n) is 8.35. The molecule has 6 heteroatoms. The molecule has 1 aromatic heterocycles. The first-order valence-corrected chi connectivity index (χ1v) is 8.35. The van der Waals surface area contributed by atoms with Gasteiger partial charge in [-0.2, -0.15) is 0 Å². The van der Waals surface area contributed by atoms with Crippen LogP contribution in [-0.2, 0) is 9.53 Å². The van der Waals surface area contributed by atoms with Gasteiger partial charge in [0.2, 0.25) is 5.91 Å². The standard InChI is InChI=1S/C17H22N2O4/c1-10-5-12(10)17(21)19-7-13-11(9-23-15(13)8-19)6-18-16(20)14-3-2-4-22-14/h2-4,10-13,15H,5-9H2,1H3,(H,18,20)/t10?,11-,12?,13+,15+/m0/s1. The molecule has 0 bridgehead atoms. The van der Waals surface area contributed by atoms with Gasteiger partial charge in [-0.3, -0.25) is 9.59 Å². The minimum atomic E-state index is -0.198. The van der Waals surface area contributed by atoms with Gasteiger partial charge in [-0.15, -0.1) is 0 Å². The van der Waals surface area contributed by atoms with Crippen LogP contribution < -0.4 is 5.32 Å². The van der Waals surface area contributed by atoms with E-state index in [0.717, 1.165) is 13.0 Å². The average Bonchev–Trinajstić information content (AvgIpc) is 2.99. The van der Waals surface area contributed by atoms with Gasteiger partial charge in [0.15, 0.2) is 5.76 Å². The molecule has 124 valence electrons. The van der Waals surface area contributed by atoms with Crippen LogP contribution in [0.5, 0.6) is 0 Å². The molecule has 1 N–H and O–H groups in total. The monoisotopic (exact) mass is 318 g/mol. The van der Waals surface area contributed by atoms with E-state index in [2.05, 4.69) is 12.2 Å². The van der Waals surface area contributed by atoms with Gasteiger partial charge in [0.05, 0.1) is 19.0 Å². The van der Waals surface area contributed by atoms with Crippen LogP contribution in [-0.4, -0.2) is 49.1 Å². The lowest BCUT2D eigenvalue weighted by Gasteiger charge is -2.20. The van der Waals surface area contributed by atoms with Crippen LogP contribution in [0.3, 0.4) is 0 Å². The minimum absolute atomic E-state index is 0.124. The minimum Gasteiger partial charge on any atom is -0.459 e. The molecule has 4 rings (SSSR count). The van der Waals surface area contributed by atoms with Crippen molar-refractivity contribution in [3.05, 3.63) is 24.2 Å². The molecular weight excluding hydrogens is 296 g/mol. The quantitative estimate of drug-likeness (QED) is 0.903. The van der Waals surface area contributed by atoms with Crippen LogP contribution in [0.1, 0.15) is 23.9 Å². The first kappa shape index (κ1) is 14.8. The number of carbonyl (C=O) groups excluding carboxylic acids is 2. The summed E-state index contributed by atoms with van der Waals surface area (Å²) in [4.78, 5) is 26.3. The number of nitrogens with one attached hydrogen (secondary N) is 1. The van der Waals surface area contributed by atoms with E-state index in [9.17, 15) is 9.59 Å². The number of furan rings is 1. The van der Waals surface area contributed by atoms with Crippen molar-refractivity contribution in [3.63, 3.8) is 0 Å². The summed E-state index contributed by atoms with van der Waals surface area (Å²) in [6.45, 7) is 4.80. The molecule has 2 amide bonds. The summed E-state index contributed by atoms with van der Waals surface area (Å²) in [5.74, 6) is 1.76. The van der Waals surface area contributed by atoms with Gasteiger partial charge < -0.3 is 19.4 Å². The topological polar surface area (TPSA) is 71.8 Å². The summed E-state index contributed by atoms with van der Waals surface area (Å²) in [6.07, 6.45) is 2.63. The van der Waals surface area contributed by atoms with E-state index in [1.807, 2.05) is 4.90 Å². The molecule has 23 heavy (non-hydrogen) atoms. The zero-order chi connectivity index (χ0) is 16.0. The van der Waals surface area contributed by atoms with Crippen molar-refractivity contribution < 1.29 is 18.7 Å². The Kier molecular flexibility index (Phi) is 3.64. The molecule has 3 heterocycles. The Bertz CT molecular complexity index is 600. The molecule has 5 atom stereocenters. The Morgan fingerprint density at radius 1 is 1.39 bits per heavy atom. The van der Waals surface area contributed by atoms with E-state index >= 15 is 0 Å². The van der Waals surface area contributed by atoms with Crippen LogP contribution in [0.25, 0.3) is 0 Å². The Hall–Kier alpha value is -1.82. The van der Waals surface area contributed by atoms with Crippen molar-refractivity contribution in [2.75, 3.05) is 26.2 Å². The summed E-state index contributed by atoms with van der Waals surface area (Å²) in [6, 6.07) is 3.35. The maximum absolute atomic E-state index is 12.4. The fourth-order valence-corrected chi connectivity index (χ4v) is 3.81. The van der Waals surface area contributed by atoms with Crippen LogP contribution in [0.15, 0.2) is 22.8 Å². The van der Waals surface area contributed by atoms with Gasteiger partial charge in [0, 0.05) is 37.4 Å². The van der Waals surface area contributed by atoms with Gasteiger partial charge in [-0.1, -0.05) is 6.92 Å². The highest BCUT2D eigenvalue weighted by atomic mass is 16.5. The van der Waals surface area contributed by atoms with E-state index in [1.165, 1.54) is 6.26 Å². The van der Waals surface area contributed by atoms with Crippen LogP contribution >= 0.6 is 0 Å². The number of carbonyl (C=O) groups is 2. The summed E-state index contributed by atoms with van der Waals surface area (Å²) in [7, 11) is 0. The van der Waals surface area contributed by atoms with Gasteiger partial charge in [0.1, 0.15) is 0 Å². The van der Waals surface area contributed by atoms with Gasteiger partial charge >= 0.3 is 0 Å². The molecule has 0 aromatic carbocycles. The summed E-state index contributed by atoms with van der Waals surface area (Å²) in [5.41, 5.74) is 0. The third kappa shape index (κ3) is 2.76. The van der Waals surface area contributed by atoms with Gasteiger partial charge in [-0.25, -0.2) is 0 Å². The van der Waals surface area contributed by atoms with E-state index in [1.54, 1.807) is 12.1 Å². The lowest BCUT2D eigenvalue weighted by molar-refractivity contribution is -0.132. The van der Waals surface area contributed by atoms with Crippen LogP contribution in [0, 0.1) is 23.7 Å². The van der Waals surface area contributed by atoms with E-state index in [0.29, 0.717) is 37.3 Å². The van der Waals surface area contributed by atoms with E-state index in [4.69, 9.17) is 9.15 Å². The lowest BCUT2D eigenvalue weighted by Crippen LogP contribution is -2.35. The van der Waals surface area contributed by atoms with Crippen molar-refractivity contribution in [1.29, 1.82) is 0 Å². The van der Waals surface area contributed by atoms with Crippen LogP contribution in [0.4, 0.5) is 0 Å². The Balaban J connectivity index is 1.31. The van der Waals surface area contributed by atoms with Crippen molar-refractivity contribution in [2.24, 2.45) is 23.7 Å². The van der Waals surface area contributed by atoms with Gasteiger partial charge in [-0.05, 0) is 24.5 Å². The third-order valence-electron chi connectivity index (χ3n) is 5.45. The molecule has 2 unspecified atom stereocenters. The normalized spacial score (nSPS) is 35.2. The molecular formula is C17H22N2O4. The highest BCUT2D eigenvalue weighted by Crippen LogP contribution is 2.41. The fourth-order valence-electron chi connectivity index (χ4n) is 3.81. The highest BCUT2D eigenvalue weighted by molar-refractivity contribution is 5.91. The molecule has 0 spiro atoms. The van der Waals surface area contributed by atoms with E-state index in [-0.39, 0.29) is 29.8 Å². The molecule has 2 saturated heterocycles. The SMILES string of the molecule is CC1CC1C(=O)N1C[C@@H]2[C@@H](CNC(=O)c3ccco3)CO[C@@H]2C1. The van der Waals surface area contributed by atoms with Crippen molar-refractivity contribution >= 4 is 11.8 Å². The fraction of sp³-hybridized carbons (Fsp3) is 0.647. The predicted molar refractivity (Wildman–Crippen MR) is 81.6 cm³/mol. The summed E-state index contributed by atoms with van der Waals surface area (Å²) < 4.78 is 10.9. The first-order chi connectivity index (χ1) is 11.1. The predicted octanol–water partition coefficient (Wildman–Crippen LogP) is 1.14.